The molecular formula is C18H22N4O. The normalized spacial score (nSPS) is 14.2. The fourth-order valence-electron chi connectivity index (χ4n) is 2.77. The highest BCUT2D eigenvalue weighted by molar-refractivity contribution is 5.92. The first-order valence-corrected chi connectivity index (χ1v) is 7.93. The van der Waals surface area contributed by atoms with Crippen molar-refractivity contribution in [1.29, 1.82) is 0 Å². The number of guanidine groups is 1. The van der Waals surface area contributed by atoms with Gasteiger partial charge in [0, 0.05) is 17.4 Å². The molecule has 0 spiro atoms. The Bertz CT molecular complexity index is 712. The van der Waals surface area contributed by atoms with Crippen LogP contribution in [-0.4, -0.2) is 18.1 Å². The summed E-state index contributed by atoms with van der Waals surface area (Å²) in [5.41, 5.74) is 10.4. The van der Waals surface area contributed by atoms with Crippen molar-refractivity contribution in [2.45, 2.75) is 32.2 Å². The summed E-state index contributed by atoms with van der Waals surface area (Å²) in [6.45, 7) is 0.482. The first kappa shape index (κ1) is 15.3. The van der Waals surface area contributed by atoms with Crippen molar-refractivity contribution in [1.82, 2.24) is 4.98 Å². The summed E-state index contributed by atoms with van der Waals surface area (Å²) in [5.74, 6) is 1.15. The van der Waals surface area contributed by atoms with Crippen molar-refractivity contribution in [2.75, 3.05) is 12.4 Å². The molecule has 5 heteroatoms. The van der Waals surface area contributed by atoms with Gasteiger partial charge in [0.05, 0.1) is 19.3 Å². The Labute approximate surface area is 136 Å². The Balaban J connectivity index is 1.64. The molecule has 0 aliphatic heterocycles. The van der Waals surface area contributed by atoms with E-state index in [0.717, 1.165) is 30.0 Å². The number of hydrogen-bond acceptors (Lipinski definition) is 3. The maximum absolute atomic E-state index is 5.95. The van der Waals surface area contributed by atoms with E-state index in [1.54, 1.807) is 7.11 Å². The van der Waals surface area contributed by atoms with Crippen molar-refractivity contribution in [2.24, 2.45) is 10.7 Å². The van der Waals surface area contributed by atoms with E-state index in [1.807, 2.05) is 30.3 Å². The van der Waals surface area contributed by atoms with Crippen molar-refractivity contribution < 1.29 is 4.74 Å². The van der Waals surface area contributed by atoms with Crippen LogP contribution in [0.3, 0.4) is 0 Å². The van der Waals surface area contributed by atoms with Gasteiger partial charge in [-0.05, 0) is 49.4 Å². The predicted octanol–water partition coefficient (Wildman–Crippen LogP) is 2.90. The van der Waals surface area contributed by atoms with Crippen molar-refractivity contribution >= 4 is 11.6 Å². The van der Waals surface area contributed by atoms with Crippen molar-refractivity contribution in [3.05, 3.63) is 53.3 Å². The lowest BCUT2D eigenvalue weighted by molar-refractivity contribution is 0.415. The molecule has 0 radical (unpaired) electrons. The predicted molar refractivity (Wildman–Crippen MR) is 92.8 cm³/mol. The Hall–Kier alpha value is -2.56. The maximum Gasteiger partial charge on any atom is 0.193 e. The highest BCUT2D eigenvalue weighted by atomic mass is 16.5. The zero-order valence-electron chi connectivity index (χ0n) is 13.4. The molecule has 3 N–H and O–H groups in total. The summed E-state index contributed by atoms with van der Waals surface area (Å²) >= 11 is 0. The number of hydrogen-bond donors (Lipinski definition) is 2. The lowest BCUT2D eigenvalue weighted by Crippen LogP contribution is -2.22. The Kier molecular flexibility index (Phi) is 4.76. The molecule has 0 bridgehead atoms. The van der Waals surface area contributed by atoms with Crippen LogP contribution < -0.4 is 15.8 Å². The molecule has 120 valence electrons. The Morgan fingerprint density at radius 2 is 2.13 bits per heavy atom. The van der Waals surface area contributed by atoms with Gasteiger partial charge in [0.2, 0.25) is 0 Å². The van der Waals surface area contributed by atoms with Gasteiger partial charge in [-0.2, -0.15) is 0 Å². The number of methoxy groups -OCH3 is 1. The fourth-order valence-corrected chi connectivity index (χ4v) is 2.77. The third kappa shape index (κ3) is 4.00. The number of benzene rings is 1. The number of nitrogens with two attached hydrogens (primary N) is 1. The molecule has 0 fully saturated rings. The monoisotopic (exact) mass is 310 g/mol. The number of rotatable bonds is 4. The van der Waals surface area contributed by atoms with E-state index in [1.165, 1.54) is 24.1 Å². The standard InChI is InChI=1S/C18H22N4O/c1-23-16-7-4-6-14(11-16)22-18(19)20-12-15-10-9-13-5-2-3-8-17(13)21-15/h4,6-7,9-11H,2-3,5,8,12H2,1H3,(H3,19,20,22). The summed E-state index contributed by atoms with van der Waals surface area (Å²) in [4.78, 5) is 9.08. The molecule has 3 rings (SSSR count). The minimum absolute atomic E-state index is 0.373. The highest BCUT2D eigenvalue weighted by Gasteiger charge is 2.10. The second-order valence-corrected chi connectivity index (χ2v) is 5.67. The van der Waals surface area contributed by atoms with Gasteiger partial charge in [0.1, 0.15) is 5.75 Å². The molecule has 0 atom stereocenters. The average Bonchev–Trinajstić information content (AvgIpc) is 2.60. The number of aromatic nitrogens is 1. The fraction of sp³-hybridized carbons (Fsp3) is 0.333. The van der Waals surface area contributed by atoms with Gasteiger partial charge in [-0.15, -0.1) is 0 Å². The van der Waals surface area contributed by atoms with Crippen LogP contribution >= 0.6 is 0 Å². The van der Waals surface area contributed by atoms with Gasteiger partial charge in [-0.25, -0.2) is 4.99 Å². The Morgan fingerprint density at radius 1 is 1.26 bits per heavy atom. The van der Waals surface area contributed by atoms with Gasteiger partial charge in [-0.1, -0.05) is 12.1 Å². The molecule has 1 heterocycles. The van der Waals surface area contributed by atoms with Gasteiger partial charge >= 0.3 is 0 Å². The van der Waals surface area contributed by atoms with E-state index < -0.39 is 0 Å². The van der Waals surface area contributed by atoms with Crippen LogP contribution in [0.15, 0.2) is 41.4 Å². The quantitative estimate of drug-likeness (QED) is 0.673. The zero-order valence-corrected chi connectivity index (χ0v) is 13.4. The number of anilines is 1. The van der Waals surface area contributed by atoms with Crippen molar-refractivity contribution in [3.8, 4) is 5.75 Å². The molecule has 1 aliphatic carbocycles. The van der Waals surface area contributed by atoms with Gasteiger partial charge in [0.25, 0.3) is 0 Å². The minimum atomic E-state index is 0.373. The first-order valence-electron chi connectivity index (χ1n) is 7.93. The summed E-state index contributed by atoms with van der Waals surface area (Å²) in [5, 5.41) is 3.07. The molecule has 5 nitrogen and oxygen atoms in total. The maximum atomic E-state index is 5.95. The van der Waals surface area contributed by atoms with E-state index in [2.05, 4.69) is 16.4 Å². The number of ether oxygens (including phenoxy) is 1. The lowest BCUT2D eigenvalue weighted by Gasteiger charge is -2.15. The van der Waals surface area contributed by atoms with Crippen LogP contribution in [0.5, 0.6) is 5.75 Å². The molecule has 0 saturated heterocycles. The van der Waals surface area contributed by atoms with Crippen molar-refractivity contribution in [3.63, 3.8) is 0 Å². The van der Waals surface area contributed by atoms with E-state index >= 15 is 0 Å². The molecular weight excluding hydrogens is 288 g/mol. The van der Waals surface area contributed by atoms with Gasteiger partial charge < -0.3 is 15.8 Å². The zero-order chi connectivity index (χ0) is 16.1. The third-order valence-corrected chi connectivity index (χ3v) is 3.99. The summed E-state index contributed by atoms with van der Waals surface area (Å²) < 4.78 is 5.19. The topological polar surface area (TPSA) is 72.5 Å². The summed E-state index contributed by atoms with van der Waals surface area (Å²) in [7, 11) is 1.64. The molecule has 1 aromatic heterocycles. The number of aryl methyl sites for hydroxylation is 2. The van der Waals surface area contributed by atoms with Crippen LogP contribution in [0.25, 0.3) is 0 Å². The molecule has 23 heavy (non-hydrogen) atoms. The SMILES string of the molecule is COc1cccc(NC(N)=NCc2ccc3c(n2)CCCC3)c1. The Morgan fingerprint density at radius 3 is 3.00 bits per heavy atom. The largest absolute Gasteiger partial charge is 0.497 e. The van der Waals surface area contributed by atoms with Gasteiger partial charge in [-0.3, -0.25) is 4.98 Å². The molecule has 0 unspecified atom stereocenters. The molecule has 1 aliphatic rings. The van der Waals surface area contributed by atoms with E-state index in [-0.39, 0.29) is 0 Å². The minimum Gasteiger partial charge on any atom is -0.497 e. The second-order valence-electron chi connectivity index (χ2n) is 5.67. The molecule has 0 saturated carbocycles. The summed E-state index contributed by atoms with van der Waals surface area (Å²) in [6.07, 6.45) is 4.71. The molecule has 0 amide bonds. The van der Waals surface area contributed by atoms with Crippen LogP contribution in [0, 0.1) is 0 Å². The number of aliphatic imine (C=N–C) groups is 1. The smallest absolute Gasteiger partial charge is 0.193 e. The average molecular weight is 310 g/mol. The number of nitrogens with one attached hydrogen (secondary N) is 1. The lowest BCUT2D eigenvalue weighted by atomic mass is 9.96. The van der Waals surface area contributed by atoms with E-state index in [9.17, 15) is 0 Å². The molecule has 1 aromatic carbocycles. The summed E-state index contributed by atoms with van der Waals surface area (Å²) in [6, 6.07) is 11.8. The van der Waals surface area contributed by atoms with Gasteiger partial charge in [0.15, 0.2) is 5.96 Å². The molecule has 2 aromatic rings. The first-order chi connectivity index (χ1) is 11.2. The van der Waals surface area contributed by atoms with E-state index in [4.69, 9.17) is 15.5 Å². The van der Waals surface area contributed by atoms with Crippen LogP contribution in [-0.2, 0) is 19.4 Å². The number of fused-ring (bicyclic) bond motifs is 1. The third-order valence-electron chi connectivity index (χ3n) is 3.99. The van der Waals surface area contributed by atoms with Crippen LogP contribution in [0.2, 0.25) is 0 Å². The number of nitrogens with zero attached hydrogens (tertiary/aromatic N) is 2. The van der Waals surface area contributed by atoms with E-state index in [0.29, 0.717) is 12.5 Å². The second kappa shape index (κ2) is 7.13. The van der Waals surface area contributed by atoms with Crippen LogP contribution in [0.4, 0.5) is 5.69 Å². The highest BCUT2D eigenvalue weighted by Crippen LogP contribution is 2.20. The van der Waals surface area contributed by atoms with Crippen LogP contribution in [0.1, 0.15) is 29.8 Å². The number of pyridine rings is 1.